The van der Waals surface area contributed by atoms with Gasteiger partial charge in [-0.15, -0.1) is 0 Å². The molecule has 0 saturated heterocycles. The minimum Gasteiger partial charge on any atom is -0.381 e. The van der Waals surface area contributed by atoms with Crippen LogP contribution in [0.1, 0.15) is 6.92 Å². The third-order valence-corrected chi connectivity index (χ3v) is 2.16. The Hall–Kier alpha value is -1.24. The van der Waals surface area contributed by atoms with Gasteiger partial charge in [-0.3, -0.25) is 0 Å². The van der Waals surface area contributed by atoms with Gasteiger partial charge < -0.3 is 10.1 Å². The van der Waals surface area contributed by atoms with E-state index in [4.69, 9.17) is 21.6 Å². The molecule has 0 aromatic heterocycles. The van der Waals surface area contributed by atoms with Crippen molar-refractivity contribution < 1.29 is 4.74 Å². The molecular formula is C11H13ClN2O. The summed E-state index contributed by atoms with van der Waals surface area (Å²) >= 11 is 5.84. The summed E-state index contributed by atoms with van der Waals surface area (Å²) in [6.45, 7) is 2.09. The first-order chi connectivity index (χ1) is 7.09. The molecule has 0 radical (unpaired) electrons. The summed E-state index contributed by atoms with van der Waals surface area (Å²) in [4.78, 5) is 0. The van der Waals surface area contributed by atoms with Crippen LogP contribution in [0.15, 0.2) is 24.3 Å². The minimum absolute atomic E-state index is 0.315. The van der Waals surface area contributed by atoms with Crippen molar-refractivity contribution in [3.8, 4) is 6.07 Å². The number of halogens is 1. The molecule has 0 aliphatic heterocycles. The standard InChI is InChI=1S/C11H13ClN2O/c1-11(7-13,8-15-2)14-10-5-3-4-9(12)6-10/h3-6,14H,8H2,1-2H3. The number of nitriles is 1. The molecule has 1 aromatic carbocycles. The SMILES string of the molecule is COCC(C)(C#N)Nc1cccc(Cl)c1. The molecule has 0 aliphatic carbocycles. The zero-order chi connectivity index (χ0) is 11.3. The average Bonchev–Trinajstić information content (AvgIpc) is 2.18. The number of rotatable bonds is 4. The Kier molecular flexibility index (Phi) is 3.96. The highest BCUT2D eigenvalue weighted by atomic mass is 35.5. The fraction of sp³-hybridized carbons (Fsp3) is 0.364. The monoisotopic (exact) mass is 224 g/mol. The summed E-state index contributed by atoms with van der Waals surface area (Å²) in [6, 6.07) is 9.41. The van der Waals surface area contributed by atoms with Gasteiger partial charge in [-0.2, -0.15) is 5.26 Å². The molecule has 0 aliphatic rings. The number of benzene rings is 1. The van der Waals surface area contributed by atoms with Crippen molar-refractivity contribution in [2.24, 2.45) is 0 Å². The number of hydrogen-bond acceptors (Lipinski definition) is 3. The predicted octanol–water partition coefficient (Wildman–Crippen LogP) is 2.68. The Morgan fingerprint density at radius 2 is 2.33 bits per heavy atom. The van der Waals surface area contributed by atoms with Crippen molar-refractivity contribution in [2.75, 3.05) is 19.0 Å². The first-order valence-corrected chi connectivity index (χ1v) is 4.91. The zero-order valence-electron chi connectivity index (χ0n) is 8.75. The van der Waals surface area contributed by atoms with Gasteiger partial charge in [0, 0.05) is 17.8 Å². The summed E-state index contributed by atoms with van der Waals surface area (Å²) < 4.78 is 4.98. The molecule has 1 aromatic rings. The van der Waals surface area contributed by atoms with Crippen molar-refractivity contribution in [2.45, 2.75) is 12.5 Å². The van der Waals surface area contributed by atoms with Crippen molar-refractivity contribution in [1.29, 1.82) is 5.26 Å². The lowest BCUT2D eigenvalue weighted by Crippen LogP contribution is -2.37. The van der Waals surface area contributed by atoms with E-state index in [-0.39, 0.29) is 0 Å². The van der Waals surface area contributed by atoms with E-state index in [0.29, 0.717) is 11.6 Å². The van der Waals surface area contributed by atoms with E-state index < -0.39 is 5.54 Å². The van der Waals surface area contributed by atoms with Crippen LogP contribution in [0.4, 0.5) is 5.69 Å². The largest absolute Gasteiger partial charge is 0.381 e. The lowest BCUT2D eigenvalue weighted by molar-refractivity contribution is 0.171. The molecule has 0 fully saturated rings. The molecule has 1 atom stereocenters. The molecule has 80 valence electrons. The third kappa shape index (κ3) is 3.43. The minimum atomic E-state index is -0.737. The first-order valence-electron chi connectivity index (χ1n) is 4.53. The molecular weight excluding hydrogens is 212 g/mol. The topological polar surface area (TPSA) is 45.0 Å². The normalized spacial score (nSPS) is 14.0. The first kappa shape index (κ1) is 11.8. The van der Waals surface area contributed by atoms with Crippen LogP contribution in [0.5, 0.6) is 0 Å². The molecule has 0 heterocycles. The highest BCUT2D eigenvalue weighted by Gasteiger charge is 2.23. The number of methoxy groups -OCH3 is 1. The number of nitrogens with one attached hydrogen (secondary N) is 1. The Morgan fingerprint density at radius 3 is 2.87 bits per heavy atom. The van der Waals surface area contributed by atoms with Gasteiger partial charge in [0.15, 0.2) is 0 Å². The van der Waals surface area contributed by atoms with E-state index in [0.717, 1.165) is 5.69 Å². The Morgan fingerprint density at radius 1 is 1.60 bits per heavy atom. The Bertz CT molecular complexity index is 375. The third-order valence-electron chi connectivity index (χ3n) is 1.92. The highest BCUT2D eigenvalue weighted by molar-refractivity contribution is 6.30. The maximum absolute atomic E-state index is 9.02. The summed E-state index contributed by atoms with van der Waals surface area (Å²) in [7, 11) is 1.56. The predicted molar refractivity (Wildman–Crippen MR) is 61.0 cm³/mol. The van der Waals surface area contributed by atoms with E-state index in [2.05, 4.69) is 11.4 Å². The van der Waals surface area contributed by atoms with E-state index in [1.165, 1.54) is 0 Å². The summed E-state index contributed by atoms with van der Waals surface area (Å²) in [5.74, 6) is 0. The van der Waals surface area contributed by atoms with Crippen LogP contribution in [0.25, 0.3) is 0 Å². The van der Waals surface area contributed by atoms with Crippen LogP contribution in [0.3, 0.4) is 0 Å². The van der Waals surface area contributed by atoms with Crippen molar-refractivity contribution in [1.82, 2.24) is 0 Å². The van der Waals surface area contributed by atoms with Crippen molar-refractivity contribution in [3.05, 3.63) is 29.3 Å². The fourth-order valence-corrected chi connectivity index (χ4v) is 1.46. The molecule has 4 heteroatoms. The zero-order valence-corrected chi connectivity index (χ0v) is 9.51. The second-order valence-corrected chi connectivity index (χ2v) is 3.95. The lowest BCUT2D eigenvalue weighted by atomic mass is 10.1. The smallest absolute Gasteiger partial charge is 0.146 e. The van der Waals surface area contributed by atoms with Gasteiger partial charge in [0.05, 0.1) is 12.7 Å². The lowest BCUT2D eigenvalue weighted by Gasteiger charge is -2.23. The van der Waals surface area contributed by atoms with E-state index in [9.17, 15) is 0 Å². The van der Waals surface area contributed by atoms with Crippen molar-refractivity contribution in [3.63, 3.8) is 0 Å². The van der Waals surface area contributed by atoms with Gasteiger partial charge in [0.2, 0.25) is 0 Å². The van der Waals surface area contributed by atoms with Crippen molar-refractivity contribution >= 4 is 17.3 Å². The summed E-state index contributed by atoms with van der Waals surface area (Å²) in [5.41, 5.74) is 0.0722. The number of anilines is 1. The van der Waals surface area contributed by atoms with E-state index in [1.54, 1.807) is 26.2 Å². The van der Waals surface area contributed by atoms with Gasteiger partial charge in [0.1, 0.15) is 5.54 Å². The number of nitrogens with zero attached hydrogens (tertiary/aromatic N) is 1. The van der Waals surface area contributed by atoms with Crippen LogP contribution in [0, 0.1) is 11.3 Å². The van der Waals surface area contributed by atoms with Gasteiger partial charge in [-0.05, 0) is 25.1 Å². The molecule has 0 amide bonds. The molecule has 1 rings (SSSR count). The summed E-state index contributed by atoms with van der Waals surface area (Å²) in [6.07, 6.45) is 0. The Labute approximate surface area is 94.6 Å². The van der Waals surface area contributed by atoms with Gasteiger partial charge >= 0.3 is 0 Å². The molecule has 1 N–H and O–H groups in total. The molecule has 0 saturated carbocycles. The van der Waals surface area contributed by atoms with Crippen LogP contribution < -0.4 is 5.32 Å². The molecule has 1 unspecified atom stereocenters. The Balaban J connectivity index is 2.80. The van der Waals surface area contributed by atoms with Gasteiger partial charge in [-0.1, -0.05) is 17.7 Å². The number of ether oxygens (including phenoxy) is 1. The maximum atomic E-state index is 9.02. The van der Waals surface area contributed by atoms with E-state index in [1.807, 2.05) is 12.1 Å². The van der Waals surface area contributed by atoms with Crippen LogP contribution >= 0.6 is 11.6 Å². The van der Waals surface area contributed by atoms with Crippen LogP contribution in [-0.2, 0) is 4.74 Å². The van der Waals surface area contributed by atoms with Gasteiger partial charge in [-0.25, -0.2) is 0 Å². The summed E-state index contributed by atoms with van der Waals surface area (Å²) in [5, 5.41) is 12.7. The number of hydrogen-bond donors (Lipinski definition) is 1. The molecule has 0 bridgehead atoms. The average molecular weight is 225 g/mol. The quantitative estimate of drug-likeness (QED) is 0.855. The molecule has 15 heavy (non-hydrogen) atoms. The second kappa shape index (κ2) is 5.01. The molecule has 3 nitrogen and oxygen atoms in total. The van der Waals surface area contributed by atoms with Crippen LogP contribution in [0.2, 0.25) is 5.02 Å². The fourth-order valence-electron chi connectivity index (χ4n) is 1.27. The highest BCUT2D eigenvalue weighted by Crippen LogP contribution is 2.19. The second-order valence-electron chi connectivity index (χ2n) is 3.51. The van der Waals surface area contributed by atoms with Gasteiger partial charge in [0.25, 0.3) is 0 Å². The van der Waals surface area contributed by atoms with E-state index >= 15 is 0 Å². The maximum Gasteiger partial charge on any atom is 0.146 e. The molecule has 0 spiro atoms. The van der Waals surface area contributed by atoms with Crippen LogP contribution in [-0.4, -0.2) is 19.3 Å².